The van der Waals surface area contributed by atoms with Gasteiger partial charge in [0.1, 0.15) is 5.82 Å². The van der Waals surface area contributed by atoms with Crippen LogP contribution in [0.1, 0.15) is 24.6 Å². The Balaban J connectivity index is 1.29. The van der Waals surface area contributed by atoms with Crippen molar-refractivity contribution in [3.63, 3.8) is 0 Å². The Morgan fingerprint density at radius 2 is 1.97 bits per heavy atom. The van der Waals surface area contributed by atoms with Crippen LogP contribution in [0.5, 0.6) is 0 Å². The maximum absolute atomic E-state index is 12.6. The standard InChI is InChI=1S/C20H24N6O2S/c1-28-11-10-26-13-21-17-12-15(4-5-16(17)19(26)27)24-6-8-25(9-7-24)20-22-18(23-29-20)14-2-3-14/h4-5,12-14H,2-3,6-11H2,1H3. The first-order valence-electron chi connectivity index (χ1n) is 10.0. The topological polar surface area (TPSA) is 76.4 Å². The summed E-state index contributed by atoms with van der Waals surface area (Å²) in [6.45, 7) is 4.67. The highest BCUT2D eigenvalue weighted by atomic mass is 32.1. The molecule has 5 rings (SSSR count). The minimum Gasteiger partial charge on any atom is -0.383 e. The second-order valence-corrected chi connectivity index (χ2v) is 8.35. The van der Waals surface area contributed by atoms with Gasteiger partial charge in [0.15, 0.2) is 0 Å². The lowest BCUT2D eigenvalue weighted by Crippen LogP contribution is -2.46. The number of fused-ring (bicyclic) bond motifs is 1. The lowest BCUT2D eigenvalue weighted by atomic mass is 10.2. The molecule has 8 nitrogen and oxygen atoms in total. The highest BCUT2D eigenvalue weighted by molar-refractivity contribution is 7.09. The van der Waals surface area contributed by atoms with Crippen LogP contribution in [0, 0.1) is 0 Å². The summed E-state index contributed by atoms with van der Waals surface area (Å²) in [4.78, 5) is 26.5. The van der Waals surface area contributed by atoms with E-state index in [9.17, 15) is 4.79 Å². The predicted octanol–water partition coefficient (Wildman–Crippen LogP) is 2.10. The van der Waals surface area contributed by atoms with Crippen molar-refractivity contribution < 1.29 is 4.74 Å². The van der Waals surface area contributed by atoms with Crippen LogP contribution >= 0.6 is 11.5 Å². The SMILES string of the molecule is COCCn1cnc2cc(N3CCN(c4nc(C5CC5)ns4)CC3)ccc2c1=O. The number of hydrogen-bond acceptors (Lipinski definition) is 8. The van der Waals surface area contributed by atoms with Crippen LogP contribution < -0.4 is 15.4 Å². The van der Waals surface area contributed by atoms with Gasteiger partial charge in [-0.3, -0.25) is 9.36 Å². The molecule has 1 saturated carbocycles. The Labute approximate surface area is 172 Å². The van der Waals surface area contributed by atoms with Gasteiger partial charge in [-0.15, -0.1) is 0 Å². The summed E-state index contributed by atoms with van der Waals surface area (Å²) in [7, 11) is 1.63. The van der Waals surface area contributed by atoms with E-state index in [2.05, 4.69) is 19.2 Å². The Bertz CT molecular complexity index is 1070. The van der Waals surface area contributed by atoms with Crippen LogP contribution in [0.2, 0.25) is 0 Å². The molecule has 2 aliphatic rings. The van der Waals surface area contributed by atoms with Gasteiger partial charge in [0.05, 0.1) is 30.4 Å². The van der Waals surface area contributed by atoms with E-state index in [1.807, 2.05) is 18.2 Å². The van der Waals surface area contributed by atoms with Crippen LogP contribution in [0.3, 0.4) is 0 Å². The molecule has 2 aromatic heterocycles. The Kier molecular flexibility index (Phi) is 4.92. The van der Waals surface area contributed by atoms with Crippen molar-refractivity contribution in [2.75, 3.05) is 49.7 Å². The van der Waals surface area contributed by atoms with Crippen molar-refractivity contribution in [1.82, 2.24) is 18.9 Å². The molecule has 3 heterocycles. The molecule has 2 fully saturated rings. The third-order valence-electron chi connectivity index (χ3n) is 5.63. The van der Waals surface area contributed by atoms with Crippen molar-refractivity contribution in [3.8, 4) is 0 Å². The number of methoxy groups -OCH3 is 1. The average Bonchev–Trinajstić information content (AvgIpc) is 3.50. The van der Waals surface area contributed by atoms with E-state index >= 15 is 0 Å². The molecule has 0 unspecified atom stereocenters. The minimum absolute atomic E-state index is 0.0221. The van der Waals surface area contributed by atoms with Crippen LogP contribution in [0.25, 0.3) is 10.9 Å². The van der Waals surface area contributed by atoms with E-state index in [0.29, 0.717) is 24.5 Å². The third-order valence-corrected chi connectivity index (χ3v) is 6.43. The van der Waals surface area contributed by atoms with Crippen LogP contribution in [-0.4, -0.2) is 58.8 Å². The second kappa shape index (κ2) is 7.72. The number of rotatable bonds is 6. The van der Waals surface area contributed by atoms with Crippen LogP contribution in [0.4, 0.5) is 10.8 Å². The van der Waals surface area contributed by atoms with Gasteiger partial charge < -0.3 is 14.5 Å². The van der Waals surface area contributed by atoms with Crippen molar-refractivity contribution in [3.05, 3.63) is 40.7 Å². The van der Waals surface area contributed by atoms with Crippen LogP contribution in [0.15, 0.2) is 29.3 Å². The highest BCUT2D eigenvalue weighted by Gasteiger charge is 2.29. The molecule has 0 N–H and O–H groups in total. The molecule has 0 bridgehead atoms. The van der Waals surface area contributed by atoms with E-state index in [1.165, 1.54) is 24.4 Å². The van der Waals surface area contributed by atoms with Crippen molar-refractivity contribution in [2.45, 2.75) is 25.3 Å². The lowest BCUT2D eigenvalue weighted by Gasteiger charge is -2.35. The zero-order valence-corrected chi connectivity index (χ0v) is 17.3. The van der Waals surface area contributed by atoms with Gasteiger partial charge in [-0.05, 0) is 31.0 Å². The fourth-order valence-electron chi connectivity index (χ4n) is 3.71. The first-order valence-corrected chi connectivity index (χ1v) is 10.8. The zero-order chi connectivity index (χ0) is 19.8. The number of nitrogens with zero attached hydrogens (tertiary/aromatic N) is 6. The molecule has 29 heavy (non-hydrogen) atoms. The first kappa shape index (κ1) is 18.5. The molecule has 0 radical (unpaired) electrons. The van der Waals surface area contributed by atoms with Gasteiger partial charge in [-0.1, -0.05) is 0 Å². The summed E-state index contributed by atoms with van der Waals surface area (Å²) in [5, 5.41) is 1.69. The van der Waals surface area contributed by atoms with E-state index in [-0.39, 0.29) is 5.56 Å². The summed E-state index contributed by atoms with van der Waals surface area (Å²) >= 11 is 1.52. The van der Waals surface area contributed by atoms with Gasteiger partial charge >= 0.3 is 0 Å². The number of piperazine rings is 1. The van der Waals surface area contributed by atoms with E-state index in [0.717, 1.165) is 48.3 Å². The van der Waals surface area contributed by atoms with Gasteiger partial charge in [-0.25, -0.2) is 9.97 Å². The van der Waals surface area contributed by atoms with Crippen molar-refractivity contribution >= 4 is 33.3 Å². The summed E-state index contributed by atoms with van der Waals surface area (Å²) in [5.41, 5.74) is 1.82. The average molecular weight is 413 g/mol. The molecular weight excluding hydrogens is 388 g/mol. The number of ether oxygens (including phenoxy) is 1. The van der Waals surface area contributed by atoms with E-state index in [4.69, 9.17) is 9.72 Å². The smallest absolute Gasteiger partial charge is 0.261 e. The van der Waals surface area contributed by atoms with Gasteiger partial charge in [0, 0.05) is 56.4 Å². The molecule has 0 amide bonds. The molecule has 1 aliphatic heterocycles. The fraction of sp³-hybridized carbons (Fsp3) is 0.500. The first-order chi connectivity index (χ1) is 14.2. The van der Waals surface area contributed by atoms with Gasteiger partial charge in [-0.2, -0.15) is 4.37 Å². The Hall–Kier alpha value is -2.52. The number of hydrogen-bond donors (Lipinski definition) is 0. The summed E-state index contributed by atoms with van der Waals surface area (Å²) in [6, 6.07) is 5.93. The molecule has 0 spiro atoms. The minimum atomic E-state index is -0.0221. The van der Waals surface area contributed by atoms with E-state index in [1.54, 1.807) is 18.0 Å². The monoisotopic (exact) mass is 412 g/mol. The molecule has 1 aromatic carbocycles. The second-order valence-electron chi connectivity index (χ2n) is 7.62. The molecular formula is C20H24N6O2S. The van der Waals surface area contributed by atoms with Crippen LogP contribution in [-0.2, 0) is 11.3 Å². The van der Waals surface area contributed by atoms with Gasteiger partial charge in [0.2, 0.25) is 5.13 Å². The molecule has 9 heteroatoms. The Morgan fingerprint density at radius 3 is 2.72 bits per heavy atom. The van der Waals surface area contributed by atoms with Crippen molar-refractivity contribution in [1.29, 1.82) is 0 Å². The summed E-state index contributed by atoms with van der Waals surface area (Å²) in [6.07, 6.45) is 4.08. The maximum atomic E-state index is 12.6. The molecule has 1 aliphatic carbocycles. The highest BCUT2D eigenvalue weighted by Crippen LogP contribution is 2.39. The molecule has 1 saturated heterocycles. The van der Waals surface area contributed by atoms with E-state index < -0.39 is 0 Å². The maximum Gasteiger partial charge on any atom is 0.261 e. The normalized spacial score (nSPS) is 17.3. The quantitative estimate of drug-likeness (QED) is 0.614. The number of anilines is 2. The van der Waals surface area contributed by atoms with Crippen molar-refractivity contribution in [2.24, 2.45) is 0 Å². The molecule has 152 valence electrons. The Morgan fingerprint density at radius 1 is 1.17 bits per heavy atom. The largest absolute Gasteiger partial charge is 0.383 e. The number of benzene rings is 1. The summed E-state index contributed by atoms with van der Waals surface area (Å²) in [5.74, 6) is 1.63. The number of aromatic nitrogens is 4. The zero-order valence-electron chi connectivity index (χ0n) is 16.5. The summed E-state index contributed by atoms with van der Waals surface area (Å²) < 4.78 is 11.2. The predicted molar refractivity (Wildman–Crippen MR) is 114 cm³/mol. The third kappa shape index (κ3) is 3.72. The van der Waals surface area contributed by atoms with Gasteiger partial charge in [0.25, 0.3) is 5.56 Å². The lowest BCUT2D eigenvalue weighted by molar-refractivity contribution is 0.186. The molecule has 0 atom stereocenters. The fourth-order valence-corrected chi connectivity index (χ4v) is 4.51. The molecule has 3 aromatic rings.